The predicted octanol–water partition coefficient (Wildman–Crippen LogP) is 0.434. The van der Waals surface area contributed by atoms with Gasteiger partial charge in [-0.05, 0) is 18.2 Å². The molecule has 0 saturated carbocycles. The van der Waals surface area contributed by atoms with Crippen LogP contribution in [0.2, 0.25) is 0 Å². The van der Waals surface area contributed by atoms with Crippen LogP contribution in [-0.4, -0.2) is 44.5 Å². The van der Waals surface area contributed by atoms with Crippen LogP contribution in [0.5, 0.6) is 5.75 Å². The van der Waals surface area contributed by atoms with E-state index in [1.54, 1.807) is 31.4 Å². The van der Waals surface area contributed by atoms with Crippen LogP contribution in [-0.2, 0) is 4.74 Å². The average Bonchev–Trinajstić information content (AvgIpc) is 2.38. The molecule has 0 aromatic heterocycles. The highest BCUT2D eigenvalue weighted by atomic mass is 16.5. The van der Waals surface area contributed by atoms with Crippen LogP contribution in [0.1, 0.15) is 10.4 Å². The summed E-state index contributed by atoms with van der Waals surface area (Å²) in [6.07, 6.45) is 0. The fourth-order valence-electron chi connectivity index (χ4n) is 1.27. The lowest BCUT2D eigenvalue weighted by molar-refractivity contribution is 0.0838. The zero-order chi connectivity index (χ0) is 12.5. The van der Waals surface area contributed by atoms with Crippen molar-refractivity contribution in [3.8, 4) is 5.75 Å². The van der Waals surface area contributed by atoms with Crippen LogP contribution >= 0.6 is 0 Å². The molecule has 0 spiro atoms. The number of rotatable bonds is 7. The molecule has 1 rings (SSSR count). The first-order valence-corrected chi connectivity index (χ1v) is 5.38. The maximum Gasteiger partial charge on any atom is 0.251 e. The second-order valence-corrected chi connectivity index (χ2v) is 3.32. The first kappa shape index (κ1) is 13.5. The van der Waals surface area contributed by atoms with Crippen molar-refractivity contribution in [1.82, 2.24) is 5.32 Å². The van der Waals surface area contributed by atoms with Gasteiger partial charge < -0.3 is 19.9 Å². The number of benzene rings is 1. The lowest BCUT2D eigenvalue weighted by atomic mass is 10.2. The van der Waals surface area contributed by atoms with Crippen LogP contribution in [0.4, 0.5) is 0 Å². The van der Waals surface area contributed by atoms with Crippen molar-refractivity contribution in [2.45, 2.75) is 0 Å². The molecule has 0 heterocycles. The summed E-state index contributed by atoms with van der Waals surface area (Å²) in [6.45, 7) is 1.07. The molecule has 0 aliphatic heterocycles. The van der Waals surface area contributed by atoms with Gasteiger partial charge in [-0.1, -0.05) is 6.07 Å². The zero-order valence-electron chi connectivity index (χ0n) is 9.81. The summed E-state index contributed by atoms with van der Waals surface area (Å²) in [5, 5.41) is 11.2. The Morgan fingerprint density at radius 1 is 1.41 bits per heavy atom. The van der Waals surface area contributed by atoms with E-state index < -0.39 is 0 Å². The van der Waals surface area contributed by atoms with Gasteiger partial charge in [0.15, 0.2) is 0 Å². The second-order valence-electron chi connectivity index (χ2n) is 3.32. The third-order valence-corrected chi connectivity index (χ3v) is 2.10. The molecule has 1 aromatic rings. The highest BCUT2D eigenvalue weighted by molar-refractivity contribution is 5.94. The first-order chi connectivity index (χ1) is 8.27. The number of carbonyl (C=O) groups is 1. The van der Waals surface area contributed by atoms with E-state index in [-0.39, 0.29) is 19.1 Å². The molecule has 2 N–H and O–H groups in total. The van der Waals surface area contributed by atoms with Gasteiger partial charge in [-0.15, -0.1) is 0 Å². The Labute approximate surface area is 100 Å². The molecule has 5 heteroatoms. The van der Waals surface area contributed by atoms with Crippen LogP contribution in [0.15, 0.2) is 24.3 Å². The number of hydrogen-bond acceptors (Lipinski definition) is 4. The Bertz CT molecular complexity index is 354. The fraction of sp³-hybridized carbons (Fsp3) is 0.417. The third kappa shape index (κ3) is 4.84. The quantitative estimate of drug-likeness (QED) is 0.677. The Morgan fingerprint density at radius 3 is 2.94 bits per heavy atom. The molecule has 94 valence electrons. The average molecular weight is 239 g/mol. The van der Waals surface area contributed by atoms with Gasteiger partial charge in [0.05, 0.1) is 26.9 Å². The van der Waals surface area contributed by atoms with Gasteiger partial charge in [-0.2, -0.15) is 0 Å². The summed E-state index contributed by atoms with van der Waals surface area (Å²) >= 11 is 0. The molecule has 1 amide bonds. The van der Waals surface area contributed by atoms with E-state index in [4.69, 9.17) is 14.6 Å². The van der Waals surface area contributed by atoms with E-state index in [0.717, 1.165) is 0 Å². The minimum absolute atomic E-state index is 0.0101. The largest absolute Gasteiger partial charge is 0.497 e. The van der Waals surface area contributed by atoms with E-state index >= 15 is 0 Å². The highest BCUT2D eigenvalue weighted by Crippen LogP contribution is 2.11. The minimum atomic E-state index is -0.170. The van der Waals surface area contributed by atoms with Crippen molar-refractivity contribution < 1.29 is 19.4 Å². The molecule has 17 heavy (non-hydrogen) atoms. The van der Waals surface area contributed by atoms with E-state index in [1.165, 1.54) is 0 Å². The number of aliphatic hydroxyl groups excluding tert-OH is 1. The number of amides is 1. The lowest BCUT2D eigenvalue weighted by Gasteiger charge is -2.06. The summed E-state index contributed by atoms with van der Waals surface area (Å²) in [5.74, 6) is 0.477. The monoisotopic (exact) mass is 239 g/mol. The Balaban J connectivity index is 2.36. The van der Waals surface area contributed by atoms with Crippen LogP contribution in [0.3, 0.4) is 0 Å². The number of carbonyl (C=O) groups excluding carboxylic acids is 1. The molecule has 0 aliphatic rings. The topological polar surface area (TPSA) is 67.8 Å². The third-order valence-electron chi connectivity index (χ3n) is 2.10. The van der Waals surface area contributed by atoms with E-state index in [9.17, 15) is 4.79 Å². The van der Waals surface area contributed by atoms with Crippen molar-refractivity contribution in [2.75, 3.05) is 33.5 Å². The maximum atomic E-state index is 11.7. The zero-order valence-corrected chi connectivity index (χ0v) is 9.81. The molecule has 5 nitrogen and oxygen atoms in total. The van der Waals surface area contributed by atoms with Crippen LogP contribution in [0, 0.1) is 0 Å². The number of hydrogen-bond donors (Lipinski definition) is 2. The van der Waals surface area contributed by atoms with E-state index in [1.807, 2.05) is 0 Å². The van der Waals surface area contributed by atoms with Crippen molar-refractivity contribution >= 4 is 5.91 Å². The summed E-state index contributed by atoms with van der Waals surface area (Å²) in [7, 11) is 1.56. The van der Waals surface area contributed by atoms with Crippen molar-refractivity contribution in [1.29, 1.82) is 0 Å². The van der Waals surface area contributed by atoms with Gasteiger partial charge in [0.2, 0.25) is 0 Å². The fourth-order valence-corrected chi connectivity index (χ4v) is 1.27. The van der Waals surface area contributed by atoms with Crippen molar-refractivity contribution in [3.05, 3.63) is 29.8 Å². The van der Waals surface area contributed by atoms with Crippen LogP contribution in [0.25, 0.3) is 0 Å². The summed E-state index contributed by atoms with van der Waals surface area (Å²) < 4.78 is 10.1. The van der Waals surface area contributed by atoms with Crippen LogP contribution < -0.4 is 10.1 Å². The summed E-state index contributed by atoms with van der Waals surface area (Å²) in [4.78, 5) is 11.7. The van der Waals surface area contributed by atoms with Gasteiger partial charge in [-0.3, -0.25) is 4.79 Å². The lowest BCUT2D eigenvalue weighted by Crippen LogP contribution is -2.27. The van der Waals surface area contributed by atoms with E-state index in [2.05, 4.69) is 5.32 Å². The highest BCUT2D eigenvalue weighted by Gasteiger charge is 2.05. The SMILES string of the molecule is COc1cccc(C(=O)NCCOCCO)c1. The maximum absolute atomic E-state index is 11.7. The Hall–Kier alpha value is -1.59. The first-order valence-electron chi connectivity index (χ1n) is 5.38. The standard InChI is InChI=1S/C12H17NO4/c1-16-11-4-2-3-10(9-11)12(15)13-5-7-17-8-6-14/h2-4,9,14H,5-8H2,1H3,(H,13,15). The van der Waals surface area contributed by atoms with Crippen molar-refractivity contribution in [3.63, 3.8) is 0 Å². The molecular formula is C12H17NO4. The van der Waals surface area contributed by atoms with Gasteiger partial charge in [0, 0.05) is 12.1 Å². The molecule has 0 bridgehead atoms. The van der Waals surface area contributed by atoms with E-state index in [0.29, 0.717) is 24.5 Å². The predicted molar refractivity (Wildman–Crippen MR) is 63.2 cm³/mol. The van der Waals surface area contributed by atoms with Crippen molar-refractivity contribution in [2.24, 2.45) is 0 Å². The molecule has 0 radical (unpaired) electrons. The van der Waals surface area contributed by atoms with Gasteiger partial charge in [-0.25, -0.2) is 0 Å². The second kappa shape index (κ2) is 7.65. The molecule has 0 saturated heterocycles. The summed E-state index contributed by atoms with van der Waals surface area (Å²) in [6, 6.07) is 6.92. The molecule has 0 atom stereocenters. The van der Waals surface area contributed by atoms with Gasteiger partial charge in [0.25, 0.3) is 5.91 Å². The molecular weight excluding hydrogens is 222 g/mol. The number of nitrogens with one attached hydrogen (secondary N) is 1. The Kier molecular flexibility index (Phi) is 6.06. The smallest absolute Gasteiger partial charge is 0.251 e. The number of aliphatic hydroxyl groups is 1. The molecule has 1 aromatic carbocycles. The molecule has 0 fully saturated rings. The molecule has 0 unspecified atom stereocenters. The normalized spacial score (nSPS) is 10.0. The molecule has 0 aliphatic carbocycles. The van der Waals surface area contributed by atoms with Gasteiger partial charge >= 0.3 is 0 Å². The van der Waals surface area contributed by atoms with Gasteiger partial charge in [0.1, 0.15) is 5.75 Å². The summed E-state index contributed by atoms with van der Waals surface area (Å²) in [5.41, 5.74) is 0.548. The number of ether oxygens (including phenoxy) is 2. The number of methoxy groups -OCH3 is 1. The Morgan fingerprint density at radius 2 is 2.24 bits per heavy atom. The minimum Gasteiger partial charge on any atom is -0.497 e.